The van der Waals surface area contributed by atoms with E-state index in [1.165, 1.54) is 18.4 Å². The van der Waals surface area contributed by atoms with E-state index in [2.05, 4.69) is 10.2 Å². The first-order valence-electron chi connectivity index (χ1n) is 6.83. The van der Waals surface area contributed by atoms with Crippen LogP contribution < -0.4 is 10.2 Å². The van der Waals surface area contributed by atoms with Crippen LogP contribution >= 0.6 is 0 Å². The molecule has 0 aliphatic carbocycles. The van der Waals surface area contributed by atoms with Gasteiger partial charge in [-0.1, -0.05) is 0 Å². The molecule has 1 aromatic rings. The van der Waals surface area contributed by atoms with E-state index in [4.69, 9.17) is 4.74 Å². The molecule has 120 valence electrons. The number of hydrogen-bond acceptors (Lipinski definition) is 5. The summed E-state index contributed by atoms with van der Waals surface area (Å²) in [5.74, 6) is 0. The average molecular weight is 315 g/mol. The van der Waals surface area contributed by atoms with Crippen LogP contribution in [0.5, 0.6) is 0 Å². The molecule has 0 amide bonds. The van der Waals surface area contributed by atoms with Crippen LogP contribution in [0.2, 0.25) is 0 Å². The van der Waals surface area contributed by atoms with Gasteiger partial charge in [-0.3, -0.25) is 0 Å². The maximum atomic E-state index is 12.0. The van der Waals surface area contributed by atoms with Gasteiger partial charge in [0.05, 0.1) is 11.5 Å². The van der Waals surface area contributed by atoms with Crippen LogP contribution in [-0.4, -0.2) is 67.2 Å². The first-order chi connectivity index (χ1) is 9.89. The van der Waals surface area contributed by atoms with E-state index in [1.54, 1.807) is 19.2 Å². The second-order valence-corrected chi connectivity index (χ2v) is 7.10. The van der Waals surface area contributed by atoms with Crippen molar-refractivity contribution in [3.05, 3.63) is 24.3 Å². The van der Waals surface area contributed by atoms with Crippen molar-refractivity contribution in [2.45, 2.75) is 4.90 Å². The number of rotatable bonds is 9. The summed E-state index contributed by atoms with van der Waals surface area (Å²) in [5, 5.41) is 3.27. The third-order valence-corrected chi connectivity index (χ3v) is 4.99. The number of likely N-dealkylation sites (N-methyl/N-ethyl adjacent to an activating group) is 1. The third-order valence-electron chi connectivity index (χ3n) is 3.16. The second-order valence-electron chi connectivity index (χ2n) is 4.95. The molecule has 0 saturated carbocycles. The molecule has 0 heterocycles. The Hall–Kier alpha value is -1.15. The Morgan fingerprint density at radius 2 is 1.71 bits per heavy atom. The normalized spacial score (nSPS) is 11.9. The Bertz CT molecular complexity index is 515. The van der Waals surface area contributed by atoms with Crippen molar-refractivity contribution in [2.75, 3.05) is 59.4 Å². The summed E-state index contributed by atoms with van der Waals surface area (Å²) in [6.07, 6.45) is 0. The van der Waals surface area contributed by atoms with Crippen LogP contribution in [0.4, 0.5) is 5.69 Å². The van der Waals surface area contributed by atoms with E-state index in [9.17, 15) is 8.42 Å². The highest BCUT2D eigenvalue weighted by Crippen LogP contribution is 2.18. The minimum absolute atomic E-state index is 0.308. The summed E-state index contributed by atoms with van der Waals surface area (Å²) >= 11 is 0. The van der Waals surface area contributed by atoms with E-state index >= 15 is 0 Å². The minimum Gasteiger partial charge on any atom is -0.383 e. The van der Waals surface area contributed by atoms with Crippen molar-refractivity contribution >= 4 is 15.7 Å². The lowest BCUT2D eigenvalue weighted by Gasteiger charge is -2.20. The van der Waals surface area contributed by atoms with Gasteiger partial charge in [0.2, 0.25) is 10.0 Å². The first-order valence-corrected chi connectivity index (χ1v) is 8.27. The average Bonchev–Trinajstić information content (AvgIpc) is 2.46. The Labute approximate surface area is 127 Å². The van der Waals surface area contributed by atoms with Gasteiger partial charge in [0, 0.05) is 53.6 Å². The van der Waals surface area contributed by atoms with Crippen molar-refractivity contribution < 1.29 is 13.2 Å². The molecule has 1 N–H and O–H groups in total. The molecule has 0 saturated heterocycles. The van der Waals surface area contributed by atoms with Crippen LogP contribution in [0.15, 0.2) is 29.2 Å². The number of hydrogen-bond donors (Lipinski definition) is 1. The fourth-order valence-electron chi connectivity index (χ4n) is 1.76. The molecule has 0 bridgehead atoms. The van der Waals surface area contributed by atoms with Gasteiger partial charge < -0.3 is 15.0 Å². The lowest BCUT2D eigenvalue weighted by molar-refractivity contribution is 0.200. The SMILES string of the molecule is COCCNCCN(C)c1ccc(S(=O)(=O)N(C)C)cc1. The highest BCUT2D eigenvalue weighted by molar-refractivity contribution is 7.89. The zero-order valence-electron chi connectivity index (χ0n) is 13.2. The van der Waals surface area contributed by atoms with Gasteiger partial charge in [0.15, 0.2) is 0 Å². The number of sulfonamides is 1. The van der Waals surface area contributed by atoms with E-state index in [0.29, 0.717) is 11.5 Å². The van der Waals surface area contributed by atoms with E-state index < -0.39 is 10.0 Å². The second kappa shape index (κ2) is 8.33. The van der Waals surface area contributed by atoms with E-state index in [-0.39, 0.29) is 0 Å². The maximum Gasteiger partial charge on any atom is 0.242 e. The number of nitrogens with one attached hydrogen (secondary N) is 1. The fraction of sp³-hybridized carbons (Fsp3) is 0.571. The van der Waals surface area contributed by atoms with E-state index in [1.807, 2.05) is 19.2 Å². The number of benzene rings is 1. The monoisotopic (exact) mass is 315 g/mol. The largest absolute Gasteiger partial charge is 0.383 e. The summed E-state index contributed by atoms with van der Waals surface area (Å²) < 4.78 is 30.1. The zero-order chi connectivity index (χ0) is 15.9. The molecule has 0 aliphatic rings. The fourth-order valence-corrected chi connectivity index (χ4v) is 2.66. The van der Waals surface area contributed by atoms with Gasteiger partial charge in [-0.25, -0.2) is 12.7 Å². The minimum atomic E-state index is -3.36. The Kier molecular flexibility index (Phi) is 7.10. The molecule has 7 heteroatoms. The van der Waals surface area contributed by atoms with Gasteiger partial charge in [0.1, 0.15) is 0 Å². The molecular weight excluding hydrogens is 290 g/mol. The first kappa shape index (κ1) is 17.9. The Morgan fingerprint density at radius 3 is 2.24 bits per heavy atom. The summed E-state index contributed by atoms with van der Waals surface area (Å²) in [6, 6.07) is 6.93. The van der Waals surface area contributed by atoms with Gasteiger partial charge >= 0.3 is 0 Å². The molecule has 0 aliphatic heterocycles. The Morgan fingerprint density at radius 1 is 1.10 bits per heavy atom. The quantitative estimate of drug-likeness (QED) is 0.677. The third kappa shape index (κ3) is 5.28. The molecule has 0 atom stereocenters. The molecule has 0 spiro atoms. The van der Waals surface area contributed by atoms with Crippen LogP contribution in [0.1, 0.15) is 0 Å². The summed E-state index contributed by atoms with van der Waals surface area (Å²) in [7, 11) is 3.36. The van der Waals surface area contributed by atoms with Crippen molar-refractivity contribution in [3.8, 4) is 0 Å². The van der Waals surface area contributed by atoms with Gasteiger partial charge in [-0.15, -0.1) is 0 Å². The number of anilines is 1. The topological polar surface area (TPSA) is 61.9 Å². The molecule has 1 rings (SSSR count). The molecule has 1 aromatic carbocycles. The molecule has 0 unspecified atom stereocenters. The predicted octanol–water partition coefficient (Wildman–Crippen LogP) is 0.609. The lowest BCUT2D eigenvalue weighted by Crippen LogP contribution is -2.30. The molecule has 0 radical (unpaired) electrons. The lowest BCUT2D eigenvalue weighted by atomic mass is 10.3. The number of ether oxygens (including phenoxy) is 1. The van der Waals surface area contributed by atoms with Crippen LogP contribution in [0.3, 0.4) is 0 Å². The summed E-state index contributed by atoms with van der Waals surface area (Å²) in [6.45, 7) is 3.20. The van der Waals surface area contributed by atoms with Crippen molar-refractivity contribution in [2.24, 2.45) is 0 Å². The number of methoxy groups -OCH3 is 1. The molecule has 0 fully saturated rings. The smallest absolute Gasteiger partial charge is 0.242 e. The molecule has 6 nitrogen and oxygen atoms in total. The van der Waals surface area contributed by atoms with Crippen molar-refractivity contribution in [3.63, 3.8) is 0 Å². The summed E-state index contributed by atoms with van der Waals surface area (Å²) in [4.78, 5) is 2.38. The molecular formula is C14H25N3O3S. The Balaban J connectivity index is 2.58. The van der Waals surface area contributed by atoms with Crippen LogP contribution in [0, 0.1) is 0 Å². The highest BCUT2D eigenvalue weighted by Gasteiger charge is 2.16. The highest BCUT2D eigenvalue weighted by atomic mass is 32.2. The van der Waals surface area contributed by atoms with Crippen molar-refractivity contribution in [1.82, 2.24) is 9.62 Å². The number of nitrogens with zero attached hydrogens (tertiary/aromatic N) is 2. The van der Waals surface area contributed by atoms with Crippen LogP contribution in [0.25, 0.3) is 0 Å². The zero-order valence-corrected chi connectivity index (χ0v) is 14.0. The standard InChI is InChI=1S/C14H25N3O3S/c1-16(2)21(18,19)14-7-5-13(6-8-14)17(3)11-9-15-10-12-20-4/h5-8,15H,9-12H2,1-4H3. The van der Waals surface area contributed by atoms with Crippen LogP contribution in [-0.2, 0) is 14.8 Å². The molecule has 21 heavy (non-hydrogen) atoms. The van der Waals surface area contributed by atoms with Gasteiger partial charge in [-0.05, 0) is 24.3 Å². The van der Waals surface area contributed by atoms with Gasteiger partial charge in [-0.2, -0.15) is 0 Å². The predicted molar refractivity (Wildman–Crippen MR) is 85.3 cm³/mol. The van der Waals surface area contributed by atoms with E-state index in [0.717, 1.165) is 25.3 Å². The molecule has 0 aromatic heterocycles. The van der Waals surface area contributed by atoms with Crippen molar-refractivity contribution in [1.29, 1.82) is 0 Å². The summed E-state index contributed by atoms with van der Waals surface area (Å²) in [5.41, 5.74) is 0.987. The maximum absolute atomic E-state index is 12.0. The van der Waals surface area contributed by atoms with Gasteiger partial charge in [0.25, 0.3) is 0 Å².